The van der Waals surface area contributed by atoms with Gasteiger partial charge in [0.1, 0.15) is 0 Å². The van der Waals surface area contributed by atoms with Gasteiger partial charge in [0.2, 0.25) is 0 Å². The molecule has 1 aliphatic heterocycles. The number of anilines is 2. The Balaban J connectivity index is 2.34. The van der Waals surface area contributed by atoms with E-state index in [1.54, 1.807) is 13.0 Å². The summed E-state index contributed by atoms with van der Waals surface area (Å²) >= 11 is 0. The molecule has 1 aliphatic rings. The molecule has 0 aliphatic carbocycles. The maximum Gasteiger partial charge on any atom is 0.0645 e. The number of fused-ring (bicyclic) bond motifs is 1. The van der Waals surface area contributed by atoms with Gasteiger partial charge in [-0.25, -0.2) is 0 Å². The second-order valence-corrected chi connectivity index (χ2v) is 7.69. The van der Waals surface area contributed by atoms with Crippen LogP contribution >= 0.6 is 0 Å². The summed E-state index contributed by atoms with van der Waals surface area (Å²) in [7, 11) is 0. The molecule has 4 nitrogen and oxygen atoms in total. The topological polar surface area (TPSA) is 46.6 Å². The molecule has 0 spiro atoms. The monoisotopic (exact) mass is 367 g/mol. The fourth-order valence-corrected chi connectivity index (χ4v) is 3.45. The fourth-order valence-electron chi connectivity index (χ4n) is 3.45. The molecule has 0 N–H and O–H groups in total. The molecule has 2 rings (SSSR count). The highest BCUT2D eigenvalue weighted by Crippen LogP contribution is 2.37. The number of allylic oxidation sites excluding steroid dienone is 5. The molecule has 146 valence electrons. The Morgan fingerprint density at radius 3 is 2.19 bits per heavy atom. The van der Waals surface area contributed by atoms with E-state index < -0.39 is 5.97 Å². The first kappa shape index (κ1) is 20.8. The number of carbonyl (C=O) groups excluding carboxylic acids is 1. The van der Waals surface area contributed by atoms with Crippen molar-refractivity contribution in [2.75, 3.05) is 22.9 Å². The highest BCUT2D eigenvalue weighted by molar-refractivity contribution is 5.80. The normalized spacial score (nSPS) is 15.9. The molecule has 0 atom stereocenters. The Labute approximate surface area is 163 Å². The van der Waals surface area contributed by atoms with E-state index in [2.05, 4.69) is 62.6 Å². The first-order chi connectivity index (χ1) is 12.7. The first-order valence-electron chi connectivity index (χ1n) is 9.62. The maximum atomic E-state index is 10.6. The molecular weight excluding hydrogens is 336 g/mol. The van der Waals surface area contributed by atoms with E-state index in [0.29, 0.717) is 17.7 Å². The Hall–Kier alpha value is -2.49. The van der Waals surface area contributed by atoms with E-state index >= 15 is 0 Å². The molecule has 0 amide bonds. The third-order valence-corrected chi connectivity index (χ3v) is 4.93. The molecule has 0 unspecified atom stereocenters. The summed E-state index contributed by atoms with van der Waals surface area (Å²) in [5, 5.41) is 10.6. The lowest BCUT2D eigenvalue weighted by Gasteiger charge is -2.43. The Morgan fingerprint density at radius 1 is 1.04 bits per heavy atom. The van der Waals surface area contributed by atoms with Crippen LogP contribution in [0.3, 0.4) is 0 Å². The van der Waals surface area contributed by atoms with E-state index in [1.165, 1.54) is 16.9 Å². The average molecular weight is 368 g/mol. The maximum absolute atomic E-state index is 10.6. The Bertz CT molecular complexity index is 773. The molecule has 0 radical (unpaired) electrons. The number of carbonyl (C=O) groups is 1. The Morgan fingerprint density at radius 2 is 1.63 bits per heavy atom. The zero-order valence-corrected chi connectivity index (χ0v) is 17.3. The molecule has 1 heterocycles. The van der Waals surface area contributed by atoms with Gasteiger partial charge in [-0.2, -0.15) is 0 Å². The summed E-state index contributed by atoms with van der Waals surface area (Å²) in [6.45, 7) is 14.8. The van der Waals surface area contributed by atoms with Gasteiger partial charge in [-0.05, 0) is 76.5 Å². The number of aliphatic carboxylic acids is 1. The number of carboxylic acid groups (broad SMARTS) is 1. The van der Waals surface area contributed by atoms with Gasteiger partial charge in [-0.3, -0.25) is 0 Å². The van der Waals surface area contributed by atoms with Crippen molar-refractivity contribution in [1.29, 1.82) is 0 Å². The van der Waals surface area contributed by atoms with Gasteiger partial charge in [0, 0.05) is 25.2 Å². The van der Waals surface area contributed by atoms with Crippen LogP contribution in [0.2, 0.25) is 0 Å². The van der Waals surface area contributed by atoms with Gasteiger partial charge in [0.05, 0.1) is 17.3 Å². The molecule has 0 fully saturated rings. The number of nitrogens with zero attached hydrogens (tertiary/aromatic N) is 2. The smallest absolute Gasteiger partial charge is 0.0645 e. The van der Waals surface area contributed by atoms with E-state index in [9.17, 15) is 9.90 Å². The minimum atomic E-state index is -1.17. The molecule has 1 aromatic rings. The molecule has 27 heavy (non-hydrogen) atoms. The first-order valence-corrected chi connectivity index (χ1v) is 9.62. The highest BCUT2D eigenvalue weighted by atomic mass is 16.4. The lowest BCUT2D eigenvalue weighted by atomic mass is 10.0. The lowest BCUT2D eigenvalue weighted by Crippen LogP contribution is -2.46. The number of hydrogen-bond donors (Lipinski definition) is 0. The zero-order chi connectivity index (χ0) is 20.1. The standard InChI is InChI=1S/C23H32N2O2/c1-16(2)24-12-13-25(17(3)4)22-15-20(10-11-21(22)24)19(6)9-7-8-18(5)14-23(26)27/h7-11,14-17H,12-13H2,1-6H3,(H,26,27)/p-1/b8-7+,18-14+,19-9+. The van der Waals surface area contributed by atoms with Crippen LogP contribution in [0.25, 0.3) is 5.57 Å². The van der Waals surface area contributed by atoms with Crippen LogP contribution in [-0.4, -0.2) is 31.1 Å². The SMILES string of the molecule is CC(/C=C/C=C(\C)c1ccc2c(c1)N(C(C)C)CCN2C(C)C)=C\C(=O)[O-]. The van der Waals surface area contributed by atoms with Crippen LogP contribution < -0.4 is 14.9 Å². The summed E-state index contributed by atoms with van der Waals surface area (Å²) in [5.41, 5.74) is 5.55. The second-order valence-electron chi connectivity index (χ2n) is 7.69. The molecule has 0 bridgehead atoms. The molecule has 0 saturated heterocycles. The fraction of sp³-hybridized carbons (Fsp3) is 0.435. The van der Waals surface area contributed by atoms with Crippen molar-refractivity contribution in [3.63, 3.8) is 0 Å². The largest absolute Gasteiger partial charge is 0.545 e. The third kappa shape index (κ3) is 5.25. The van der Waals surface area contributed by atoms with Gasteiger partial charge < -0.3 is 19.7 Å². The third-order valence-electron chi connectivity index (χ3n) is 4.93. The second kappa shape index (κ2) is 8.94. The van der Waals surface area contributed by atoms with Crippen molar-refractivity contribution in [3.05, 3.63) is 53.6 Å². The van der Waals surface area contributed by atoms with Crippen LogP contribution in [0.15, 0.2) is 48.1 Å². The van der Waals surface area contributed by atoms with Gasteiger partial charge in [-0.1, -0.05) is 24.3 Å². The van der Waals surface area contributed by atoms with Crippen molar-refractivity contribution < 1.29 is 9.90 Å². The molecule has 4 heteroatoms. The molecule has 1 aromatic carbocycles. The van der Waals surface area contributed by atoms with Crippen molar-refractivity contribution in [2.24, 2.45) is 0 Å². The number of carboxylic acids is 1. The van der Waals surface area contributed by atoms with Crippen LogP contribution in [-0.2, 0) is 4.79 Å². The average Bonchev–Trinajstić information content (AvgIpc) is 2.59. The van der Waals surface area contributed by atoms with Crippen LogP contribution in [0, 0.1) is 0 Å². The minimum absolute atomic E-state index is 0.454. The van der Waals surface area contributed by atoms with Gasteiger partial charge in [0.15, 0.2) is 0 Å². The summed E-state index contributed by atoms with van der Waals surface area (Å²) in [4.78, 5) is 15.5. The van der Waals surface area contributed by atoms with Crippen molar-refractivity contribution in [1.82, 2.24) is 0 Å². The van der Waals surface area contributed by atoms with E-state index in [-0.39, 0.29) is 0 Å². The summed E-state index contributed by atoms with van der Waals surface area (Å²) < 4.78 is 0. The lowest BCUT2D eigenvalue weighted by molar-refractivity contribution is -0.297. The van der Waals surface area contributed by atoms with E-state index in [4.69, 9.17) is 0 Å². The predicted octanol–water partition coefficient (Wildman–Crippen LogP) is 3.79. The van der Waals surface area contributed by atoms with Crippen molar-refractivity contribution >= 4 is 22.9 Å². The number of rotatable bonds is 6. The van der Waals surface area contributed by atoms with Crippen LogP contribution in [0.5, 0.6) is 0 Å². The van der Waals surface area contributed by atoms with Crippen LogP contribution in [0.1, 0.15) is 47.1 Å². The van der Waals surface area contributed by atoms with Gasteiger partial charge >= 0.3 is 0 Å². The quantitative estimate of drug-likeness (QED) is 0.567. The minimum Gasteiger partial charge on any atom is -0.545 e. The van der Waals surface area contributed by atoms with Crippen LogP contribution in [0.4, 0.5) is 11.4 Å². The van der Waals surface area contributed by atoms with E-state index in [1.807, 2.05) is 12.2 Å². The molecule has 0 aromatic heterocycles. The predicted molar refractivity (Wildman–Crippen MR) is 113 cm³/mol. The van der Waals surface area contributed by atoms with Gasteiger partial charge in [0.25, 0.3) is 0 Å². The summed E-state index contributed by atoms with van der Waals surface area (Å²) in [5.74, 6) is -1.17. The highest BCUT2D eigenvalue weighted by Gasteiger charge is 2.25. The van der Waals surface area contributed by atoms with Crippen molar-refractivity contribution in [2.45, 2.75) is 53.6 Å². The Kier molecular flexibility index (Phi) is 6.89. The zero-order valence-electron chi connectivity index (χ0n) is 17.3. The van der Waals surface area contributed by atoms with Gasteiger partial charge in [-0.15, -0.1) is 0 Å². The van der Waals surface area contributed by atoms with Crippen molar-refractivity contribution in [3.8, 4) is 0 Å². The summed E-state index contributed by atoms with van der Waals surface area (Å²) in [6.07, 6.45) is 6.76. The summed E-state index contributed by atoms with van der Waals surface area (Å²) in [6, 6.07) is 7.59. The number of benzene rings is 1. The number of hydrogen-bond acceptors (Lipinski definition) is 4. The molecule has 0 saturated carbocycles. The van der Waals surface area contributed by atoms with E-state index in [0.717, 1.165) is 24.7 Å². The molecular formula is C23H31N2O2-.